The molecule has 1 heterocycles. The number of aromatic amines is 1. The van der Waals surface area contributed by atoms with Crippen molar-refractivity contribution >= 4 is 16.9 Å². The fraction of sp³-hybridized carbons (Fsp3) is 0.0870. The first-order valence-corrected chi connectivity index (χ1v) is 8.97. The number of rotatable bonds is 4. The Morgan fingerprint density at radius 2 is 1.54 bits per heavy atom. The lowest BCUT2D eigenvalue weighted by molar-refractivity contribution is 0.0320. The van der Waals surface area contributed by atoms with Crippen LogP contribution in [0.4, 0.5) is 0 Å². The van der Waals surface area contributed by atoms with Crippen molar-refractivity contribution in [2.24, 2.45) is 0 Å². The predicted molar refractivity (Wildman–Crippen MR) is 108 cm³/mol. The second kappa shape index (κ2) is 7.48. The van der Waals surface area contributed by atoms with Crippen molar-refractivity contribution in [2.75, 3.05) is 0 Å². The maximum atomic E-state index is 12.5. The summed E-state index contributed by atoms with van der Waals surface area (Å²) < 4.78 is 5.50. The maximum absolute atomic E-state index is 12.5. The number of para-hydroxylation sites is 1. The number of esters is 1. The average molecular weight is 370 g/mol. The van der Waals surface area contributed by atoms with Gasteiger partial charge in [0.05, 0.1) is 16.5 Å². The van der Waals surface area contributed by atoms with Gasteiger partial charge in [0.15, 0.2) is 11.9 Å². The molecule has 0 bridgehead atoms. The number of nitrogens with one attached hydrogen (secondary N) is 1. The van der Waals surface area contributed by atoms with Gasteiger partial charge in [0.25, 0.3) is 5.56 Å². The van der Waals surface area contributed by atoms with E-state index in [0.29, 0.717) is 22.3 Å². The van der Waals surface area contributed by atoms with E-state index in [-0.39, 0.29) is 5.56 Å². The molecule has 4 aromatic rings. The van der Waals surface area contributed by atoms with Crippen molar-refractivity contribution in [3.8, 4) is 11.1 Å². The fourth-order valence-electron chi connectivity index (χ4n) is 3.01. The van der Waals surface area contributed by atoms with Crippen LogP contribution in [0.25, 0.3) is 22.0 Å². The molecule has 1 N–H and O–H groups in total. The summed E-state index contributed by atoms with van der Waals surface area (Å²) in [6.07, 6.45) is -0.682. The number of benzene rings is 3. The molecule has 1 aromatic heterocycles. The van der Waals surface area contributed by atoms with E-state index in [0.717, 1.165) is 11.1 Å². The standard InChI is InChI=1S/C23H18N2O3/c1-15(21-24-20-10-6-5-9-19(20)22(26)25-21)28-23(27)18-13-11-17(12-14-18)16-7-3-2-4-8-16/h2-15H,1H3,(H,24,25,26). The van der Waals surface area contributed by atoms with Crippen LogP contribution in [0.3, 0.4) is 0 Å². The van der Waals surface area contributed by atoms with Gasteiger partial charge in [-0.25, -0.2) is 9.78 Å². The highest BCUT2D eigenvalue weighted by molar-refractivity contribution is 5.90. The molecule has 0 aliphatic heterocycles. The molecule has 4 rings (SSSR count). The van der Waals surface area contributed by atoms with Crippen LogP contribution in [-0.4, -0.2) is 15.9 Å². The number of hydrogen-bond donors (Lipinski definition) is 1. The van der Waals surface area contributed by atoms with Gasteiger partial charge in [0.2, 0.25) is 0 Å². The number of carbonyl (C=O) groups is 1. The molecule has 0 fully saturated rings. The summed E-state index contributed by atoms with van der Waals surface area (Å²) in [7, 11) is 0. The fourth-order valence-corrected chi connectivity index (χ4v) is 3.01. The van der Waals surface area contributed by atoms with Crippen LogP contribution in [0.1, 0.15) is 29.2 Å². The molecule has 0 aliphatic rings. The van der Waals surface area contributed by atoms with Gasteiger partial charge in [-0.05, 0) is 42.3 Å². The van der Waals surface area contributed by atoms with E-state index in [1.54, 1.807) is 37.3 Å². The van der Waals surface area contributed by atoms with Gasteiger partial charge in [-0.1, -0.05) is 54.6 Å². The lowest BCUT2D eigenvalue weighted by Gasteiger charge is -2.13. The first-order chi connectivity index (χ1) is 13.6. The summed E-state index contributed by atoms with van der Waals surface area (Å²) in [5.74, 6) is -0.152. The van der Waals surface area contributed by atoms with Crippen LogP contribution in [0, 0.1) is 0 Å². The van der Waals surface area contributed by atoms with E-state index in [2.05, 4.69) is 9.97 Å². The number of nitrogens with zero attached hydrogens (tertiary/aromatic N) is 1. The molecule has 1 unspecified atom stereocenters. The van der Waals surface area contributed by atoms with Gasteiger partial charge in [-0.2, -0.15) is 0 Å². The van der Waals surface area contributed by atoms with Crippen LogP contribution >= 0.6 is 0 Å². The third kappa shape index (κ3) is 3.55. The zero-order valence-corrected chi connectivity index (χ0v) is 15.3. The van der Waals surface area contributed by atoms with Crippen LogP contribution < -0.4 is 5.56 Å². The van der Waals surface area contributed by atoms with Crippen LogP contribution in [0.5, 0.6) is 0 Å². The SMILES string of the molecule is CC(OC(=O)c1ccc(-c2ccccc2)cc1)c1nc2ccccc2c(=O)[nH]1. The van der Waals surface area contributed by atoms with Crippen molar-refractivity contribution in [1.29, 1.82) is 0 Å². The molecule has 0 spiro atoms. The number of hydrogen-bond acceptors (Lipinski definition) is 4. The molecule has 0 radical (unpaired) electrons. The Balaban J connectivity index is 1.52. The highest BCUT2D eigenvalue weighted by Gasteiger charge is 2.17. The minimum atomic E-state index is -0.682. The lowest BCUT2D eigenvalue weighted by atomic mass is 10.0. The van der Waals surface area contributed by atoms with E-state index >= 15 is 0 Å². The normalized spacial score (nSPS) is 11.9. The molecule has 0 aliphatic carbocycles. The van der Waals surface area contributed by atoms with Crippen LogP contribution in [0.2, 0.25) is 0 Å². The molecule has 138 valence electrons. The molecule has 28 heavy (non-hydrogen) atoms. The summed E-state index contributed by atoms with van der Waals surface area (Å²) >= 11 is 0. The Labute approximate surface area is 161 Å². The van der Waals surface area contributed by atoms with Gasteiger partial charge >= 0.3 is 5.97 Å². The molecule has 5 heteroatoms. The van der Waals surface area contributed by atoms with Gasteiger partial charge < -0.3 is 9.72 Å². The number of H-pyrrole nitrogens is 1. The Kier molecular flexibility index (Phi) is 4.72. The average Bonchev–Trinajstić information content (AvgIpc) is 2.74. The Morgan fingerprint density at radius 3 is 2.29 bits per heavy atom. The van der Waals surface area contributed by atoms with Crippen molar-refractivity contribution in [3.63, 3.8) is 0 Å². The highest BCUT2D eigenvalue weighted by Crippen LogP contribution is 2.21. The first-order valence-electron chi connectivity index (χ1n) is 8.97. The molecule has 0 saturated carbocycles. The molecule has 0 amide bonds. The summed E-state index contributed by atoms with van der Waals surface area (Å²) in [5, 5.41) is 0.501. The third-order valence-electron chi connectivity index (χ3n) is 4.53. The van der Waals surface area contributed by atoms with Gasteiger partial charge in [0.1, 0.15) is 0 Å². The van der Waals surface area contributed by atoms with E-state index in [1.807, 2.05) is 48.5 Å². The monoisotopic (exact) mass is 370 g/mol. The van der Waals surface area contributed by atoms with Gasteiger partial charge in [-0.3, -0.25) is 4.79 Å². The largest absolute Gasteiger partial charge is 0.451 e. The Bertz CT molecular complexity index is 1180. The Morgan fingerprint density at radius 1 is 0.893 bits per heavy atom. The topological polar surface area (TPSA) is 72.0 Å². The smallest absolute Gasteiger partial charge is 0.338 e. The van der Waals surface area contributed by atoms with Crippen molar-refractivity contribution in [1.82, 2.24) is 9.97 Å². The van der Waals surface area contributed by atoms with Gasteiger partial charge in [-0.15, -0.1) is 0 Å². The Hall–Kier alpha value is -3.73. The number of carbonyl (C=O) groups excluding carboxylic acids is 1. The number of fused-ring (bicyclic) bond motifs is 1. The molecule has 5 nitrogen and oxygen atoms in total. The van der Waals surface area contributed by atoms with Crippen molar-refractivity contribution in [3.05, 3.63) is 101 Å². The third-order valence-corrected chi connectivity index (χ3v) is 4.53. The second-order valence-corrected chi connectivity index (χ2v) is 6.46. The zero-order valence-electron chi connectivity index (χ0n) is 15.3. The van der Waals surface area contributed by atoms with Crippen LogP contribution in [0.15, 0.2) is 83.7 Å². The van der Waals surface area contributed by atoms with Crippen LogP contribution in [-0.2, 0) is 4.74 Å². The van der Waals surface area contributed by atoms with Crippen molar-refractivity contribution < 1.29 is 9.53 Å². The molecular formula is C23H18N2O3. The zero-order chi connectivity index (χ0) is 19.5. The van der Waals surface area contributed by atoms with E-state index in [1.165, 1.54) is 0 Å². The van der Waals surface area contributed by atoms with Crippen molar-refractivity contribution in [2.45, 2.75) is 13.0 Å². The molecular weight excluding hydrogens is 352 g/mol. The maximum Gasteiger partial charge on any atom is 0.338 e. The van der Waals surface area contributed by atoms with Gasteiger partial charge in [0, 0.05) is 0 Å². The first kappa shape index (κ1) is 17.7. The summed E-state index contributed by atoms with van der Waals surface area (Å²) in [6.45, 7) is 1.68. The predicted octanol–water partition coefficient (Wildman–Crippen LogP) is 4.51. The number of ether oxygens (including phenoxy) is 1. The quantitative estimate of drug-likeness (QED) is 0.537. The van der Waals surface area contributed by atoms with E-state index < -0.39 is 12.1 Å². The molecule has 0 saturated heterocycles. The summed E-state index contributed by atoms with van der Waals surface area (Å²) in [4.78, 5) is 31.8. The molecule has 1 atom stereocenters. The summed E-state index contributed by atoms with van der Waals surface area (Å²) in [6, 6.07) is 24.2. The lowest BCUT2D eigenvalue weighted by Crippen LogP contribution is -2.17. The summed E-state index contributed by atoms with van der Waals surface area (Å²) in [5.41, 5.74) is 2.85. The minimum Gasteiger partial charge on any atom is -0.451 e. The second-order valence-electron chi connectivity index (χ2n) is 6.46. The van der Waals surface area contributed by atoms with E-state index in [9.17, 15) is 9.59 Å². The number of aromatic nitrogens is 2. The molecule has 3 aromatic carbocycles. The highest BCUT2D eigenvalue weighted by atomic mass is 16.5. The van der Waals surface area contributed by atoms with E-state index in [4.69, 9.17) is 4.74 Å². The minimum absolute atomic E-state index is 0.254.